The standard InChI is InChI=1S/C8H11NO2/c1-8(2,5-6-9)4-3-7(10)11/h3-4H,5H2,1-2H3,(H,10,11). The van der Waals surface area contributed by atoms with Gasteiger partial charge in [0.25, 0.3) is 0 Å². The molecule has 0 aliphatic rings. The number of nitriles is 1. The number of nitrogens with zero attached hydrogens (tertiary/aromatic N) is 1. The molecular formula is C8H11NO2. The number of carboxylic acids is 1. The van der Waals surface area contributed by atoms with Gasteiger partial charge >= 0.3 is 5.97 Å². The number of hydrogen-bond acceptors (Lipinski definition) is 2. The summed E-state index contributed by atoms with van der Waals surface area (Å²) in [7, 11) is 0. The Labute approximate surface area is 66.0 Å². The van der Waals surface area contributed by atoms with Crippen molar-refractivity contribution < 1.29 is 9.90 Å². The number of carbonyl (C=O) groups is 1. The van der Waals surface area contributed by atoms with Crippen LogP contribution < -0.4 is 0 Å². The summed E-state index contributed by atoms with van der Waals surface area (Å²) >= 11 is 0. The number of aliphatic carboxylic acids is 1. The van der Waals surface area contributed by atoms with Crippen LogP contribution in [0.15, 0.2) is 12.2 Å². The highest BCUT2D eigenvalue weighted by Gasteiger charge is 2.12. The lowest BCUT2D eigenvalue weighted by molar-refractivity contribution is -0.131. The molecule has 0 aromatic carbocycles. The highest BCUT2D eigenvalue weighted by molar-refractivity contribution is 5.79. The Morgan fingerprint density at radius 3 is 2.64 bits per heavy atom. The van der Waals surface area contributed by atoms with Gasteiger partial charge in [-0.05, 0) is 5.41 Å². The van der Waals surface area contributed by atoms with Crippen molar-refractivity contribution in [3.05, 3.63) is 12.2 Å². The van der Waals surface area contributed by atoms with Gasteiger partial charge in [-0.3, -0.25) is 0 Å². The van der Waals surface area contributed by atoms with Gasteiger partial charge in [-0.2, -0.15) is 5.26 Å². The minimum absolute atomic E-state index is 0.330. The largest absolute Gasteiger partial charge is 0.478 e. The third-order valence-corrected chi connectivity index (χ3v) is 1.21. The number of hydrogen-bond donors (Lipinski definition) is 1. The van der Waals surface area contributed by atoms with Crippen LogP contribution in [0.2, 0.25) is 0 Å². The average molecular weight is 153 g/mol. The van der Waals surface area contributed by atoms with Gasteiger partial charge in [0.1, 0.15) is 0 Å². The molecule has 0 atom stereocenters. The highest BCUT2D eigenvalue weighted by Crippen LogP contribution is 2.20. The molecule has 0 aromatic heterocycles. The molecule has 0 bridgehead atoms. The fourth-order valence-corrected chi connectivity index (χ4v) is 0.560. The minimum Gasteiger partial charge on any atom is -0.478 e. The second kappa shape index (κ2) is 3.77. The van der Waals surface area contributed by atoms with E-state index < -0.39 is 5.97 Å². The fraction of sp³-hybridized carbons (Fsp3) is 0.500. The van der Waals surface area contributed by atoms with Crippen LogP contribution in [0.25, 0.3) is 0 Å². The Bertz CT molecular complexity index is 211. The zero-order chi connectivity index (χ0) is 8.91. The van der Waals surface area contributed by atoms with Crippen LogP contribution in [0, 0.1) is 16.7 Å². The van der Waals surface area contributed by atoms with Crippen LogP contribution in [-0.2, 0) is 4.79 Å². The zero-order valence-electron chi connectivity index (χ0n) is 6.66. The van der Waals surface area contributed by atoms with Gasteiger partial charge in [0.05, 0.1) is 6.07 Å². The smallest absolute Gasteiger partial charge is 0.327 e. The Balaban J connectivity index is 4.13. The molecule has 1 N–H and O–H groups in total. The maximum absolute atomic E-state index is 10.1. The minimum atomic E-state index is -0.976. The number of rotatable bonds is 3. The van der Waals surface area contributed by atoms with Gasteiger partial charge < -0.3 is 5.11 Å². The van der Waals surface area contributed by atoms with Gasteiger partial charge in [-0.25, -0.2) is 4.79 Å². The van der Waals surface area contributed by atoms with E-state index >= 15 is 0 Å². The number of allylic oxidation sites excluding steroid dienone is 1. The Kier molecular flexibility index (Phi) is 3.32. The van der Waals surface area contributed by atoms with E-state index in [0.29, 0.717) is 6.42 Å². The molecule has 0 saturated heterocycles. The normalized spacial score (nSPS) is 11.4. The van der Waals surface area contributed by atoms with Crippen LogP contribution in [0.5, 0.6) is 0 Å². The van der Waals surface area contributed by atoms with Gasteiger partial charge in [0.2, 0.25) is 0 Å². The van der Waals surface area contributed by atoms with Crippen molar-refractivity contribution in [2.45, 2.75) is 20.3 Å². The molecule has 60 valence electrons. The molecule has 11 heavy (non-hydrogen) atoms. The molecule has 0 aliphatic heterocycles. The van der Waals surface area contributed by atoms with E-state index in [4.69, 9.17) is 10.4 Å². The molecule has 0 radical (unpaired) electrons. The van der Waals surface area contributed by atoms with E-state index in [1.54, 1.807) is 0 Å². The Morgan fingerprint density at radius 2 is 2.27 bits per heavy atom. The monoisotopic (exact) mass is 153 g/mol. The summed E-state index contributed by atoms with van der Waals surface area (Å²) in [6, 6.07) is 1.99. The molecule has 0 heterocycles. The lowest BCUT2D eigenvalue weighted by Crippen LogP contribution is -2.06. The summed E-state index contributed by atoms with van der Waals surface area (Å²) in [6.07, 6.45) is 2.92. The van der Waals surface area contributed by atoms with Crippen molar-refractivity contribution in [2.24, 2.45) is 5.41 Å². The Morgan fingerprint density at radius 1 is 1.73 bits per heavy atom. The SMILES string of the molecule is CC(C)(C=CC(=O)O)CC#N. The van der Waals surface area contributed by atoms with Crippen LogP contribution in [0.4, 0.5) is 0 Å². The lowest BCUT2D eigenvalue weighted by atomic mass is 9.90. The molecule has 0 rings (SSSR count). The van der Waals surface area contributed by atoms with Gasteiger partial charge in [-0.15, -0.1) is 0 Å². The van der Waals surface area contributed by atoms with Crippen molar-refractivity contribution in [1.82, 2.24) is 0 Å². The maximum Gasteiger partial charge on any atom is 0.327 e. The second-order valence-corrected chi connectivity index (χ2v) is 3.00. The highest BCUT2D eigenvalue weighted by atomic mass is 16.4. The van der Waals surface area contributed by atoms with Crippen LogP contribution in [0.3, 0.4) is 0 Å². The van der Waals surface area contributed by atoms with Crippen molar-refractivity contribution in [3.8, 4) is 6.07 Å². The average Bonchev–Trinajstić information content (AvgIpc) is 1.84. The summed E-state index contributed by atoms with van der Waals surface area (Å²) in [5.74, 6) is -0.976. The molecule has 0 aromatic rings. The summed E-state index contributed by atoms with van der Waals surface area (Å²) < 4.78 is 0. The van der Waals surface area contributed by atoms with E-state index in [9.17, 15) is 4.79 Å². The van der Waals surface area contributed by atoms with E-state index in [2.05, 4.69) is 0 Å². The Hall–Kier alpha value is -1.30. The quantitative estimate of drug-likeness (QED) is 0.626. The van der Waals surface area contributed by atoms with Gasteiger partial charge in [-0.1, -0.05) is 19.9 Å². The van der Waals surface area contributed by atoms with Crippen molar-refractivity contribution >= 4 is 5.97 Å². The van der Waals surface area contributed by atoms with Crippen molar-refractivity contribution in [1.29, 1.82) is 5.26 Å². The molecule has 0 spiro atoms. The molecule has 0 amide bonds. The summed E-state index contributed by atoms with van der Waals surface area (Å²) in [4.78, 5) is 10.1. The van der Waals surface area contributed by atoms with Crippen molar-refractivity contribution in [2.75, 3.05) is 0 Å². The predicted octanol–water partition coefficient (Wildman–Crippen LogP) is 1.57. The predicted molar refractivity (Wildman–Crippen MR) is 40.8 cm³/mol. The van der Waals surface area contributed by atoms with E-state index in [0.717, 1.165) is 6.08 Å². The molecule has 0 saturated carbocycles. The van der Waals surface area contributed by atoms with Gasteiger partial charge in [0.15, 0.2) is 0 Å². The molecule has 0 unspecified atom stereocenters. The molecule has 0 aliphatic carbocycles. The van der Waals surface area contributed by atoms with Gasteiger partial charge in [0, 0.05) is 12.5 Å². The van der Waals surface area contributed by atoms with E-state index in [1.165, 1.54) is 6.08 Å². The lowest BCUT2D eigenvalue weighted by Gasteiger charge is -2.13. The fourth-order valence-electron chi connectivity index (χ4n) is 0.560. The molecule has 3 heteroatoms. The maximum atomic E-state index is 10.1. The third kappa shape index (κ3) is 5.16. The first-order valence-corrected chi connectivity index (χ1v) is 3.27. The first kappa shape index (κ1) is 9.70. The van der Waals surface area contributed by atoms with E-state index in [-0.39, 0.29) is 5.41 Å². The number of carboxylic acid groups (broad SMARTS) is 1. The summed E-state index contributed by atoms with van der Waals surface area (Å²) in [5, 5.41) is 16.6. The van der Waals surface area contributed by atoms with Crippen molar-refractivity contribution in [3.63, 3.8) is 0 Å². The third-order valence-electron chi connectivity index (χ3n) is 1.21. The summed E-state index contributed by atoms with van der Waals surface area (Å²) in [6.45, 7) is 3.63. The zero-order valence-corrected chi connectivity index (χ0v) is 6.66. The summed E-state index contributed by atoms with van der Waals surface area (Å²) in [5.41, 5.74) is -0.340. The first-order chi connectivity index (χ1) is 4.98. The first-order valence-electron chi connectivity index (χ1n) is 3.27. The van der Waals surface area contributed by atoms with E-state index in [1.807, 2.05) is 19.9 Å². The molecular weight excluding hydrogens is 142 g/mol. The topological polar surface area (TPSA) is 61.1 Å². The van der Waals surface area contributed by atoms with Crippen LogP contribution in [-0.4, -0.2) is 11.1 Å². The molecule has 3 nitrogen and oxygen atoms in total. The molecule has 0 fully saturated rings. The van der Waals surface area contributed by atoms with Crippen LogP contribution in [0.1, 0.15) is 20.3 Å². The van der Waals surface area contributed by atoms with Crippen LogP contribution >= 0.6 is 0 Å². The second-order valence-electron chi connectivity index (χ2n) is 3.00.